The van der Waals surface area contributed by atoms with Crippen molar-refractivity contribution in [2.45, 2.75) is 45.3 Å². The standard InChI is InChI=1S/C24H27NO2/c1-14-13-19(18-12-8-10-16-9-6-7-11-17(16)18)22(27-5)20-15(2)23(26)24(3,4)25-21(14)20/h6-13,15,23,25-26H,1-5H3. The minimum atomic E-state index is -0.499. The number of methoxy groups -OCH3 is 1. The minimum Gasteiger partial charge on any atom is -0.496 e. The lowest BCUT2D eigenvalue weighted by atomic mass is 9.76. The molecular formula is C24H27NO2. The van der Waals surface area contributed by atoms with Crippen LogP contribution < -0.4 is 10.1 Å². The number of aryl methyl sites for hydroxylation is 1. The molecule has 3 aromatic carbocycles. The molecule has 0 saturated carbocycles. The van der Waals surface area contributed by atoms with Crippen LogP contribution in [-0.4, -0.2) is 23.9 Å². The van der Waals surface area contributed by atoms with Gasteiger partial charge < -0.3 is 15.2 Å². The fourth-order valence-electron chi connectivity index (χ4n) is 4.48. The van der Waals surface area contributed by atoms with Gasteiger partial charge in [-0.15, -0.1) is 0 Å². The van der Waals surface area contributed by atoms with E-state index in [0.717, 1.165) is 28.1 Å². The van der Waals surface area contributed by atoms with Crippen LogP contribution in [0.15, 0.2) is 48.5 Å². The molecule has 3 heteroatoms. The maximum absolute atomic E-state index is 10.9. The Bertz CT molecular complexity index is 1020. The first-order valence-electron chi connectivity index (χ1n) is 9.51. The number of nitrogens with one attached hydrogen (secondary N) is 1. The zero-order valence-electron chi connectivity index (χ0n) is 16.6. The number of anilines is 1. The topological polar surface area (TPSA) is 41.5 Å². The summed E-state index contributed by atoms with van der Waals surface area (Å²) < 4.78 is 5.94. The first kappa shape index (κ1) is 17.9. The summed E-state index contributed by atoms with van der Waals surface area (Å²) in [7, 11) is 1.72. The normalized spacial score (nSPS) is 20.8. The van der Waals surface area contributed by atoms with Gasteiger partial charge in [-0.1, -0.05) is 49.4 Å². The van der Waals surface area contributed by atoms with E-state index in [1.54, 1.807) is 7.11 Å². The van der Waals surface area contributed by atoms with Gasteiger partial charge in [0.15, 0.2) is 0 Å². The van der Waals surface area contributed by atoms with Crippen molar-refractivity contribution in [1.82, 2.24) is 0 Å². The molecule has 0 radical (unpaired) electrons. The van der Waals surface area contributed by atoms with Crippen molar-refractivity contribution in [3.8, 4) is 16.9 Å². The third kappa shape index (κ3) is 2.69. The predicted octanol–water partition coefficient (Wildman–Crippen LogP) is 5.49. The summed E-state index contributed by atoms with van der Waals surface area (Å²) in [6, 6.07) is 17.0. The zero-order valence-corrected chi connectivity index (χ0v) is 16.6. The molecule has 0 bridgehead atoms. The lowest BCUT2D eigenvalue weighted by Crippen LogP contribution is -2.50. The highest BCUT2D eigenvalue weighted by molar-refractivity contribution is 5.99. The number of aliphatic hydroxyl groups excluding tert-OH is 1. The second-order valence-electron chi connectivity index (χ2n) is 8.17. The Kier molecular flexibility index (Phi) is 4.15. The molecule has 1 heterocycles. The van der Waals surface area contributed by atoms with Crippen molar-refractivity contribution in [2.24, 2.45) is 0 Å². The van der Waals surface area contributed by atoms with Crippen LogP contribution in [0.4, 0.5) is 5.69 Å². The van der Waals surface area contributed by atoms with Crippen LogP contribution in [-0.2, 0) is 0 Å². The molecule has 4 rings (SSSR count). The zero-order chi connectivity index (χ0) is 19.3. The number of rotatable bonds is 2. The Labute approximate surface area is 161 Å². The summed E-state index contributed by atoms with van der Waals surface area (Å²) >= 11 is 0. The van der Waals surface area contributed by atoms with E-state index in [1.165, 1.54) is 16.3 Å². The molecule has 140 valence electrons. The van der Waals surface area contributed by atoms with Crippen molar-refractivity contribution in [2.75, 3.05) is 12.4 Å². The van der Waals surface area contributed by atoms with E-state index in [4.69, 9.17) is 4.74 Å². The largest absolute Gasteiger partial charge is 0.496 e. The minimum absolute atomic E-state index is 0.0279. The molecule has 0 spiro atoms. The van der Waals surface area contributed by atoms with E-state index in [9.17, 15) is 5.11 Å². The predicted molar refractivity (Wildman–Crippen MR) is 113 cm³/mol. The third-order valence-electron chi connectivity index (χ3n) is 5.91. The molecule has 2 N–H and O–H groups in total. The number of aliphatic hydroxyl groups is 1. The lowest BCUT2D eigenvalue weighted by molar-refractivity contribution is 0.0858. The summed E-state index contributed by atoms with van der Waals surface area (Å²) in [5.41, 5.74) is 5.16. The highest BCUT2D eigenvalue weighted by atomic mass is 16.5. The van der Waals surface area contributed by atoms with Gasteiger partial charge in [0.25, 0.3) is 0 Å². The summed E-state index contributed by atoms with van der Waals surface area (Å²) in [5, 5.41) is 16.8. The maximum atomic E-state index is 10.9. The molecule has 3 aromatic rings. The van der Waals surface area contributed by atoms with Gasteiger partial charge >= 0.3 is 0 Å². The van der Waals surface area contributed by atoms with Gasteiger partial charge in [-0.25, -0.2) is 0 Å². The second kappa shape index (κ2) is 6.28. The molecule has 2 unspecified atom stereocenters. The van der Waals surface area contributed by atoms with E-state index in [2.05, 4.69) is 67.7 Å². The molecule has 0 saturated heterocycles. The molecular weight excluding hydrogens is 334 g/mol. The molecule has 3 nitrogen and oxygen atoms in total. The number of fused-ring (bicyclic) bond motifs is 2. The number of ether oxygens (including phenoxy) is 1. The molecule has 0 amide bonds. The molecule has 1 aliphatic rings. The van der Waals surface area contributed by atoms with Crippen molar-refractivity contribution in [3.05, 3.63) is 59.7 Å². The smallest absolute Gasteiger partial charge is 0.132 e. The quantitative estimate of drug-likeness (QED) is 0.634. The summed E-state index contributed by atoms with van der Waals surface area (Å²) in [6.45, 7) is 8.30. The molecule has 2 atom stereocenters. The fraction of sp³-hybridized carbons (Fsp3) is 0.333. The van der Waals surface area contributed by atoms with Crippen LogP contribution in [0.5, 0.6) is 5.75 Å². The Morgan fingerprint density at radius 3 is 2.48 bits per heavy atom. The van der Waals surface area contributed by atoms with Crippen molar-refractivity contribution in [3.63, 3.8) is 0 Å². The SMILES string of the molecule is COc1c(-c2cccc3ccccc23)cc(C)c2c1C(C)C(O)C(C)(C)N2. The molecule has 0 fully saturated rings. The van der Waals surface area contributed by atoms with Gasteiger partial charge in [-0.2, -0.15) is 0 Å². The van der Waals surface area contributed by atoms with E-state index in [0.29, 0.717) is 0 Å². The third-order valence-corrected chi connectivity index (χ3v) is 5.91. The summed E-state index contributed by atoms with van der Waals surface area (Å²) in [6.07, 6.45) is -0.499. The first-order chi connectivity index (χ1) is 12.8. The van der Waals surface area contributed by atoms with Crippen LogP contribution in [0.3, 0.4) is 0 Å². The Balaban J connectivity index is 2.03. The average Bonchev–Trinajstić information content (AvgIpc) is 2.66. The van der Waals surface area contributed by atoms with Crippen molar-refractivity contribution in [1.29, 1.82) is 0 Å². The van der Waals surface area contributed by atoms with Gasteiger partial charge in [-0.05, 0) is 48.7 Å². The Hall–Kier alpha value is -2.52. The van der Waals surface area contributed by atoms with Crippen molar-refractivity contribution < 1.29 is 9.84 Å². The monoisotopic (exact) mass is 361 g/mol. The summed E-state index contributed by atoms with van der Waals surface area (Å²) in [5.74, 6) is 0.821. The maximum Gasteiger partial charge on any atom is 0.132 e. The first-order valence-corrected chi connectivity index (χ1v) is 9.51. The number of hydrogen-bond donors (Lipinski definition) is 2. The van der Waals surface area contributed by atoms with Crippen LogP contribution >= 0.6 is 0 Å². The highest BCUT2D eigenvalue weighted by Gasteiger charge is 2.41. The van der Waals surface area contributed by atoms with Crippen LogP contribution in [0, 0.1) is 6.92 Å². The van der Waals surface area contributed by atoms with Gasteiger partial charge in [0.1, 0.15) is 5.75 Å². The van der Waals surface area contributed by atoms with Crippen LogP contribution in [0.25, 0.3) is 21.9 Å². The Morgan fingerprint density at radius 1 is 1.04 bits per heavy atom. The molecule has 0 aromatic heterocycles. The fourth-order valence-corrected chi connectivity index (χ4v) is 4.48. The number of benzene rings is 3. The Morgan fingerprint density at radius 2 is 1.74 bits per heavy atom. The summed E-state index contributed by atoms with van der Waals surface area (Å²) in [4.78, 5) is 0. The van der Waals surface area contributed by atoms with Gasteiger partial charge in [0, 0.05) is 22.7 Å². The van der Waals surface area contributed by atoms with Gasteiger partial charge in [0.2, 0.25) is 0 Å². The molecule has 1 aliphatic heterocycles. The van der Waals surface area contributed by atoms with E-state index >= 15 is 0 Å². The van der Waals surface area contributed by atoms with E-state index in [1.807, 2.05) is 13.8 Å². The number of hydrogen-bond acceptors (Lipinski definition) is 3. The van der Waals surface area contributed by atoms with E-state index in [-0.39, 0.29) is 11.5 Å². The van der Waals surface area contributed by atoms with Gasteiger partial charge in [-0.3, -0.25) is 0 Å². The van der Waals surface area contributed by atoms with Crippen molar-refractivity contribution >= 4 is 16.5 Å². The van der Waals surface area contributed by atoms with Gasteiger partial charge in [0.05, 0.1) is 18.8 Å². The lowest BCUT2D eigenvalue weighted by Gasteiger charge is -2.43. The average molecular weight is 361 g/mol. The molecule has 27 heavy (non-hydrogen) atoms. The van der Waals surface area contributed by atoms with E-state index < -0.39 is 6.10 Å². The highest BCUT2D eigenvalue weighted by Crippen LogP contribution is 2.50. The molecule has 0 aliphatic carbocycles. The van der Waals surface area contributed by atoms with Crippen LogP contribution in [0.1, 0.15) is 37.8 Å². The van der Waals surface area contributed by atoms with Crippen LogP contribution in [0.2, 0.25) is 0 Å². The second-order valence-corrected chi connectivity index (χ2v) is 8.17.